The summed E-state index contributed by atoms with van der Waals surface area (Å²) in [4.78, 5) is 0. The van der Waals surface area contributed by atoms with Gasteiger partial charge >= 0.3 is 0 Å². The van der Waals surface area contributed by atoms with E-state index in [2.05, 4.69) is 5.32 Å². The highest BCUT2D eigenvalue weighted by Crippen LogP contribution is 2.40. The van der Waals surface area contributed by atoms with Gasteiger partial charge in [0.15, 0.2) is 0 Å². The first-order valence-corrected chi connectivity index (χ1v) is 7.24. The molecule has 0 aromatic carbocycles. The molecule has 1 heterocycles. The van der Waals surface area contributed by atoms with Gasteiger partial charge in [-0.1, -0.05) is 6.42 Å². The van der Waals surface area contributed by atoms with Crippen LogP contribution in [0.15, 0.2) is 0 Å². The Morgan fingerprint density at radius 3 is 2.50 bits per heavy atom. The van der Waals surface area contributed by atoms with E-state index in [1.54, 1.807) is 0 Å². The molecule has 0 aromatic rings. The average Bonchev–Trinajstić information content (AvgIpc) is 3.05. The van der Waals surface area contributed by atoms with Gasteiger partial charge in [-0.25, -0.2) is 0 Å². The Labute approximate surface area is 99.1 Å². The van der Waals surface area contributed by atoms with Crippen molar-refractivity contribution in [2.75, 3.05) is 19.8 Å². The minimum atomic E-state index is 0.885. The molecule has 0 aromatic heterocycles. The van der Waals surface area contributed by atoms with Crippen molar-refractivity contribution in [3.8, 4) is 0 Å². The van der Waals surface area contributed by atoms with Gasteiger partial charge in [-0.05, 0) is 62.8 Å². The summed E-state index contributed by atoms with van der Waals surface area (Å²) in [5.74, 6) is 2.96. The molecule has 2 aliphatic carbocycles. The maximum absolute atomic E-state index is 5.49. The summed E-state index contributed by atoms with van der Waals surface area (Å²) < 4.78 is 5.49. The number of rotatable bonds is 4. The van der Waals surface area contributed by atoms with Crippen molar-refractivity contribution in [3.05, 3.63) is 0 Å². The summed E-state index contributed by atoms with van der Waals surface area (Å²) in [5, 5.41) is 3.74. The van der Waals surface area contributed by atoms with E-state index in [-0.39, 0.29) is 0 Å². The van der Waals surface area contributed by atoms with E-state index in [1.807, 2.05) is 0 Å². The predicted molar refractivity (Wildman–Crippen MR) is 65.4 cm³/mol. The van der Waals surface area contributed by atoms with Crippen LogP contribution in [-0.2, 0) is 4.74 Å². The molecule has 2 atom stereocenters. The van der Waals surface area contributed by atoms with Crippen LogP contribution in [0.5, 0.6) is 0 Å². The lowest BCUT2D eigenvalue weighted by Gasteiger charge is -2.31. The summed E-state index contributed by atoms with van der Waals surface area (Å²) in [6, 6.07) is 0.885. The van der Waals surface area contributed by atoms with E-state index in [0.29, 0.717) is 0 Å². The Bertz CT molecular complexity index is 221. The van der Waals surface area contributed by atoms with Crippen LogP contribution >= 0.6 is 0 Å². The van der Waals surface area contributed by atoms with Crippen molar-refractivity contribution >= 4 is 0 Å². The molecule has 0 amide bonds. The van der Waals surface area contributed by atoms with Gasteiger partial charge in [-0.15, -0.1) is 0 Å². The normalized spacial score (nSPS) is 36.8. The molecule has 1 saturated heterocycles. The SMILES string of the molecule is C1CC(CNC2CC2)C(C2CCOCC2)C1. The second kappa shape index (κ2) is 5.05. The highest BCUT2D eigenvalue weighted by molar-refractivity contribution is 4.88. The topological polar surface area (TPSA) is 21.3 Å². The first-order chi connectivity index (χ1) is 7.93. The molecule has 0 radical (unpaired) electrons. The molecule has 1 aliphatic heterocycles. The van der Waals surface area contributed by atoms with E-state index >= 15 is 0 Å². The monoisotopic (exact) mass is 223 g/mol. The van der Waals surface area contributed by atoms with Gasteiger partial charge in [0, 0.05) is 19.3 Å². The van der Waals surface area contributed by atoms with Crippen molar-refractivity contribution in [2.45, 2.75) is 51.0 Å². The smallest absolute Gasteiger partial charge is 0.0468 e. The summed E-state index contributed by atoms with van der Waals surface area (Å²) in [6.45, 7) is 3.33. The van der Waals surface area contributed by atoms with Gasteiger partial charge < -0.3 is 10.1 Å². The molecular formula is C14H25NO. The van der Waals surface area contributed by atoms with Gasteiger partial charge in [0.2, 0.25) is 0 Å². The second-order valence-electron chi connectivity index (χ2n) is 5.99. The fraction of sp³-hybridized carbons (Fsp3) is 1.00. The summed E-state index contributed by atoms with van der Waals surface area (Å²) >= 11 is 0. The van der Waals surface area contributed by atoms with Crippen LogP contribution in [0.3, 0.4) is 0 Å². The van der Waals surface area contributed by atoms with E-state index in [0.717, 1.165) is 37.0 Å². The zero-order chi connectivity index (χ0) is 10.8. The Morgan fingerprint density at radius 2 is 1.75 bits per heavy atom. The zero-order valence-electron chi connectivity index (χ0n) is 10.3. The van der Waals surface area contributed by atoms with Crippen molar-refractivity contribution < 1.29 is 4.74 Å². The van der Waals surface area contributed by atoms with Crippen molar-refractivity contribution in [3.63, 3.8) is 0 Å². The Morgan fingerprint density at radius 1 is 0.938 bits per heavy atom. The average molecular weight is 223 g/mol. The lowest BCUT2D eigenvalue weighted by Crippen LogP contribution is -2.32. The third kappa shape index (κ3) is 2.60. The number of hydrogen-bond acceptors (Lipinski definition) is 2. The molecule has 2 unspecified atom stereocenters. The van der Waals surface area contributed by atoms with Crippen LogP contribution < -0.4 is 5.32 Å². The van der Waals surface area contributed by atoms with Crippen LogP contribution in [0.2, 0.25) is 0 Å². The Balaban J connectivity index is 1.50. The van der Waals surface area contributed by atoms with Gasteiger partial charge in [0.05, 0.1) is 0 Å². The third-order valence-corrected chi connectivity index (χ3v) is 4.84. The lowest BCUT2D eigenvalue weighted by molar-refractivity contribution is 0.0390. The lowest BCUT2D eigenvalue weighted by atomic mass is 9.79. The molecule has 1 N–H and O–H groups in total. The van der Waals surface area contributed by atoms with Crippen molar-refractivity contribution in [1.82, 2.24) is 5.32 Å². The van der Waals surface area contributed by atoms with Crippen LogP contribution in [-0.4, -0.2) is 25.8 Å². The van der Waals surface area contributed by atoms with Gasteiger partial charge in [0.25, 0.3) is 0 Å². The fourth-order valence-electron chi connectivity index (χ4n) is 3.69. The summed E-state index contributed by atoms with van der Waals surface area (Å²) in [7, 11) is 0. The Kier molecular flexibility index (Phi) is 3.49. The molecule has 2 nitrogen and oxygen atoms in total. The van der Waals surface area contributed by atoms with Gasteiger partial charge in [0.1, 0.15) is 0 Å². The first kappa shape index (κ1) is 11.0. The highest BCUT2D eigenvalue weighted by Gasteiger charge is 2.35. The number of hydrogen-bond donors (Lipinski definition) is 1. The molecular weight excluding hydrogens is 198 g/mol. The van der Waals surface area contributed by atoms with Crippen LogP contribution in [0.1, 0.15) is 44.9 Å². The minimum Gasteiger partial charge on any atom is -0.381 e. The molecule has 92 valence electrons. The van der Waals surface area contributed by atoms with E-state index in [4.69, 9.17) is 4.74 Å². The van der Waals surface area contributed by atoms with E-state index < -0.39 is 0 Å². The number of ether oxygens (including phenoxy) is 1. The molecule has 2 saturated carbocycles. The maximum atomic E-state index is 5.49. The van der Waals surface area contributed by atoms with Crippen LogP contribution in [0, 0.1) is 17.8 Å². The molecule has 16 heavy (non-hydrogen) atoms. The molecule has 3 fully saturated rings. The van der Waals surface area contributed by atoms with Crippen molar-refractivity contribution in [1.29, 1.82) is 0 Å². The third-order valence-electron chi connectivity index (χ3n) is 4.84. The standard InChI is InChI=1S/C14H25NO/c1-2-12(10-15-13-4-5-13)14(3-1)11-6-8-16-9-7-11/h11-15H,1-10H2. The van der Waals surface area contributed by atoms with E-state index in [1.165, 1.54) is 51.5 Å². The molecule has 3 rings (SSSR count). The molecule has 0 bridgehead atoms. The Hall–Kier alpha value is -0.0800. The first-order valence-electron chi connectivity index (χ1n) is 7.24. The largest absolute Gasteiger partial charge is 0.381 e. The molecule has 2 heteroatoms. The number of nitrogens with one attached hydrogen (secondary N) is 1. The minimum absolute atomic E-state index is 0.885. The molecule has 3 aliphatic rings. The fourth-order valence-corrected chi connectivity index (χ4v) is 3.69. The van der Waals surface area contributed by atoms with Crippen LogP contribution in [0.4, 0.5) is 0 Å². The maximum Gasteiger partial charge on any atom is 0.0468 e. The summed E-state index contributed by atoms with van der Waals surface area (Å²) in [6.07, 6.45) is 9.93. The predicted octanol–water partition coefficient (Wildman–Crippen LogP) is 2.58. The second-order valence-corrected chi connectivity index (χ2v) is 5.99. The van der Waals surface area contributed by atoms with Gasteiger partial charge in [-0.2, -0.15) is 0 Å². The van der Waals surface area contributed by atoms with E-state index in [9.17, 15) is 0 Å². The van der Waals surface area contributed by atoms with Crippen molar-refractivity contribution in [2.24, 2.45) is 17.8 Å². The van der Waals surface area contributed by atoms with Gasteiger partial charge in [-0.3, -0.25) is 0 Å². The van der Waals surface area contributed by atoms with Crippen LogP contribution in [0.25, 0.3) is 0 Å². The zero-order valence-corrected chi connectivity index (χ0v) is 10.3. The molecule has 0 spiro atoms. The summed E-state index contributed by atoms with van der Waals surface area (Å²) in [5.41, 5.74) is 0. The highest BCUT2D eigenvalue weighted by atomic mass is 16.5. The quantitative estimate of drug-likeness (QED) is 0.791.